The molecule has 0 radical (unpaired) electrons. The Kier molecular flexibility index (Phi) is 3.43. The van der Waals surface area contributed by atoms with Crippen molar-refractivity contribution in [3.8, 4) is 5.75 Å². The molecular weight excluding hydrogens is 183 g/mol. The molecule has 0 aliphatic heterocycles. The van der Waals surface area contributed by atoms with E-state index in [0.717, 1.165) is 0 Å². The van der Waals surface area contributed by atoms with E-state index in [9.17, 15) is 8.42 Å². The van der Waals surface area contributed by atoms with Gasteiger partial charge in [0.1, 0.15) is 0 Å². The van der Waals surface area contributed by atoms with Crippen LogP contribution in [0.2, 0.25) is 0 Å². The van der Waals surface area contributed by atoms with E-state index >= 15 is 0 Å². The molecular formula is C8H9LiO3S. The quantitative estimate of drug-likeness (QED) is 0.658. The van der Waals surface area contributed by atoms with Gasteiger partial charge in [0.25, 0.3) is 0 Å². The molecule has 0 N–H and O–H groups in total. The summed E-state index contributed by atoms with van der Waals surface area (Å²) in [6.45, 7) is 0. The fourth-order valence-corrected chi connectivity index (χ4v) is 1.83. The van der Waals surface area contributed by atoms with Crippen LogP contribution in [0.5, 0.6) is 5.75 Å². The van der Waals surface area contributed by atoms with Crippen LogP contribution in [-0.2, 0) is 9.84 Å². The number of ether oxygens (including phenoxy) is 1. The molecule has 66 valence electrons. The van der Waals surface area contributed by atoms with Crippen LogP contribution in [0.15, 0.2) is 29.2 Å². The SMILES string of the molecule is [Li][CH2]S(=O)(=O)c1ccc(OC)cc1. The Bertz CT molecular complexity index is 369. The third kappa shape index (κ3) is 2.50. The summed E-state index contributed by atoms with van der Waals surface area (Å²) in [6, 6.07) is 6.39. The van der Waals surface area contributed by atoms with Crippen molar-refractivity contribution in [1.82, 2.24) is 0 Å². The number of methoxy groups -OCH3 is 1. The van der Waals surface area contributed by atoms with E-state index in [1.807, 2.05) is 0 Å². The van der Waals surface area contributed by atoms with Gasteiger partial charge in [-0.3, -0.25) is 0 Å². The predicted octanol–water partition coefficient (Wildman–Crippen LogP) is 0.595. The minimum absolute atomic E-state index is 0.124. The molecule has 1 aromatic rings. The first kappa shape index (κ1) is 10.6. The van der Waals surface area contributed by atoms with Crippen molar-refractivity contribution in [2.45, 2.75) is 4.90 Å². The van der Waals surface area contributed by atoms with Crippen LogP contribution in [0.3, 0.4) is 0 Å². The summed E-state index contributed by atoms with van der Waals surface area (Å²) in [7, 11) is -1.53. The molecule has 0 saturated carbocycles. The van der Waals surface area contributed by atoms with Gasteiger partial charge in [-0.15, -0.1) is 0 Å². The number of rotatable bonds is 3. The Labute approximate surface area is 87.2 Å². The first-order valence-electron chi connectivity index (χ1n) is 3.97. The fourth-order valence-electron chi connectivity index (χ4n) is 0.950. The zero-order valence-corrected chi connectivity index (χ0v) is 8.47. The van der Waals surface area contributed by atoms with Crippen molar-refractivity contribution in [2.24, 2.45) is 0 Å². The van der Waals surface area contributed by atoms with Crippen LogP contribution in [-0.4, -0.2) is 37.7 Å². The van der Waals surface area contributed by atoms with Crippen molar-refractivity contribution in [3.05, 3.63) is 24.3 Å². The zero-order valence-electron chi connectivity index (χ0n) is 7.65. The Morgan fingerprint density at radius 1 is 1.31 bits per heavy atom. The molecule has 0 heterocycles. The summed E-state index contributed by atoms with van der Waals surface area (Å²) in [4.78, 5) is 0.343. The molecule has 0 fully saturated rings. The van der Waals surface area contributed by atoms with Crippen molar-refractivity contribution in [2.75, 3.05) is 11.5 Å². The number of benzene rings is 1. The summed E-state index contributed by atoms with van der Waals surface area (Å²) in [6.07, 6.45) is 0. The third-order valence-corrected chi connectivity index (χ3v) is 3.55. The predicted molar refractivity (Wildman–Crippen MR) is 50.8 cm³/mol. The Balaban J connectivity index is 3.06. The Hall–Kier alpha value is -0.433. The molecule has 0 unspecified atom stereocenters. The minimum atomic E-state index is -3.08. The first-order chi connectivity index (χ1) is 6.10. The van der Waals surface area contributed by atoms with Gasteiger partial charge in [0.15, 0.2) is 0 Å². The zero-order chi connectivity index (χ0) is 9.90. The molecule has 0 aliphatic carbocycles. The Morgan fingerprint density at radius 2 is 1.85 bits per heavy atom. The van der Waals surface area contributed by atoms with Crippen LogP contribution in [0.4, 0.5) is 0 Å². The summed E-state index contributed by atoms with van der Waals surface area (Å²) >= 11 is 1.62. The molecule has 0 bridgehead atoms. The van der Waals surface area contributed by atoms with Gasteiger partial charge in [-0.2, -0.15) is 0 Å². The number of hydrogen-bond acceptors (Lipinski definition) is 3. The molecule has 13 heavy (non-hydrogen) atoms. The van der Waals surface area contributed by atoms with E-state index in [0.29, 0.717) is 10.6 Å². The van der Waals surface area contributed by atoms with Crippen LogP contribution < -0.4 is 4.74 Å². The molecule has 0 aromatic heterocycles. The summed E-state index contributed by atoms with van der Waals surface area (Å²) < 4.78 is 27.8. The Morgan fingerprint density at radius 3 is 2.23 bits per heavy atom. The average molecular weight is 192 g/mol. The molecule has 0 spiro atoms. The van der Waals surface area contributed by atoms with E-state index < -0.39 is 9.84 Å². The molecule has 5 heteroatoms. The van der Waals surface area contributed by atoms with E-state index in [-0.39, 0.29) is 4.43 Å². The van der Waals surface area contributed by atoms with Crippen LogP contribution in [0.25, 0.3) is 0 Å². The van der Waals surface area contributed by atoms with Gasteiger partial charge in [0, 0.05) is 0 Å². The molecule has 0 amide bonds. The monoisotopic (exact) mass is 192 g/mol. The van der Waals surface area contributed by atoms with Crippen molar-refractivity contribution < 1.29 is 13.2 Å². The van der Waals surface area contributed by atoms with Crippen LogP contribution >= 0.6 is 0 Å². The number of sulfone groups is 1. The van der Waals surface area contributed by atoms with E-state index in [1.54, 1.807) is 49.1 Å². The summed E-state index contributed by atoms with van der Waals surface area (Å²) in [5.41, 5.74) is 0. The van der Waals surface area contributed by atoms with Crippen LogP contribution in [0, 0.1) is 0 Å². The van der Waals surface area contributed by atoms with Gasteiger partial charge in [-0.25, -0.2) is 0 Å². The van der Waals surface area contributed by atoms with E-state index in [1.165, 1.54) is 0 Å². The molecule has 0 saturated heterocycles. The molecule has 0 atom stereocenters. The average Bonchev–Trinajstić information content (AvgIpc) is 2.18. The second-order valence-corrected chi connectivity index (χ2v) is 4.86. The van der Waals surface area contributed by atoms with Gasteiger partial charge in [-0.1, -0.05) is 0 Å². The van der Waals surface area contributed by atoms with Crippen molar-refractivity contribution in [1.29, 1.82) is 0 Å². The maximum atomic E-state index is 11.4. The van der Waals surface area contributed by atoms with Crippen LogP contribution in [0.1, 0.15) is 0 Å². The molecule has 0 aliphatic rings. The van der Waals surface area contributed by atoms with E-state index in [4.69, 9.17) is 4.74 Å². The molecule has 1 rings (SSSR count). The number of hydrogen-bond donors (Lipinski definition) is 0. The van der Waals surface area contributed by atoms with Gasteiger partial charge in [0.05, 0.1) is 0 Å². The topological polar surface area (TPSA) is 43.4 Å². The molecule has 3 nitrogen and oxygen atoms in total. The standard InChI is InChI=1S/C8H9O3S.Li/c1-11-7-3-5-8(6-4-7)12(2,9)10;/h3-6H,2H2,1H3;. The maximum absolute atomic E-state index is 11.4. The van der Waals surface area contributed by atoms with Crippen molar-refractivity contribution in [3.63, 3.8) is 0 Å². The van der Waals surface area contributed by atoms with Crippen molar-refractivity contribution >= 4 is 27.6 Å². The second-order valence-electron chi connectivity index (χ2n) is 2.58. The summed E-state index contributed by atoms with van der Waals surface area (Å²) in [5.74, 6) is 0.662. The second kappa shape index (κ2) is 4.19. The first-order valence-corrected chi connectivity index (χ1v) is 5.62. The van der Waals surface area contributed by atoms with Gasteiger partial charge in [-0.05, 0) is 0 Å². The van der Waals surface area contributed by atoms with Gasteiger partial charge < -0.3 is 0 Å². The summed E-state index contributed by atoms with van der Waals surface area (Å²) in [5, 5.41) is 0. The normalized spacial score (nSPS) is 11.3. The van der Waals surface area contributed by atoms with Gasteiger partial charge in [0.2, 0.25) is 0 Å². The van der Waals surface area contributed by atoms with Gasteiger partial charge >= 0.3 is 87.2 Å². The molecule has 1 aromatic carbocycles. The fraction of sp³-hybridized carbons (Fsp3) is 0.250. The third-order valence-electron chi connectivity index (χ3n) is 1.80. The van der Waals surface area contributed by atoms with E-state index in [2.05, 4.69) is 0 Å².